The highest BCUT2D eigenvalue weighted by atomic mass is 32.2. The van der Waals surface area contributed by atoms with Crippen LogP contribution < -0.4 is 10.6 Å². The van der Waals surface area contributed by atoms with Gasteiger partial charge in [0.25, 0.3) is 0 Å². The van der Waals surface area contributed by atoms with Gasteiger partial charge in [0.1, 0.15) is 5.76 Å². The highest BCUT2D eigenvalue weighted by Crippen LogP contribution is 2.30. The molecular weight excluding hydrogens is 394 g/mol. The zero-order valence-electron chi connectivity index (χ0n) is 15.2. The topological polar surface area (TPSA) is 84.2 Å². The van der Waals surface area contributed by atoms with Gasteiger partial charge in [-0.1, -0.05) is 11.8 Å². The molecule has 3 rings (SSSR count). The van der Waals surface area contributed by atoms with Crippen molar-refractivity contribution in [1.82, 2.24) is 10.3 Å². The molecule has 2 N–H and O–H groups in total. The summed E-state index contributed by atoms with van der Waals surface area (Å²) >= 11 is 3.20. The van der Waals surface area contributed by atoms with Crippen molar-refractivity contribution in [2.45, 2.75) is 22.6 Å². The summed E-state index contributed by atoms with van der Waals surface area (Å²) in [4.78, 5) is 29.2. The zero-order chi connectivity index (χ0) is 19.8. The Bertz CT molecular complexity index is 948. The molecule has 1 aromatic carbocycles. The maximum absolute atomic E-state index is 12.0. The van der Waals surface area contributed by atoms with Crippen LogP contribution in [0.3, 0.4) is 0 Å². The second-order valence-electron chi connectivity index (χ2n) is 5.82. The van der Waals surface area contributed by atoms with E-state index in [1.165, 1.54) is 12.3 Å². The predicted octanol–water partition coefficient (Wildman–Crippen LogP) is 4.35. The van der Waals surface area contributed by atoms with E-state index in [1.54, 1.807) is 41.3 Å². The van der Waals surface area contributed by atoms with E-state index in [0.29, 0.717) is 11.4 Å². The number of hydrogen-bond donors (Lipinski definition) is 2. The number of nitrogens with one attached hydrogen (secondary N) is 2. The van der Waals surface area contributed by atoms with Crippen molar-refractivity contribution >= 4 is 46.7 Å². The molecule has 0 fully saturated rings. The van der Waals surface area contributed by atoms with Gasteiger partial charge < -0.3 is 15.1 Å². The summed E-state index contributed by atoms with van der Waals surface area (Å²) in [6.45, 7) is 2.22. The number of anilines is 1. The van der Waals surface area contributed by atoms with Gasteiger partial charge in [0, 0.05) is 40.7 Å². The number of aryl methyl sites for hydroxylation is 1. The molecule has 144 valence electrons. The number of amides is 2. The molecule has 2 aromatic heterocycles. The van der Waals surface area contributed by atoms with Crippen LogP contribution in [0.2, 0.25) is 0 Å². The molecule has 3 aromatic rings. The number of rotatable bonds is 8. The third-order valence-corrected chi connectivity index (χ3v) is 5.60. The quantitative estimate of drug-likeness (QED) is 0.536. The van der Waals surface area contributed by atoms with Crippen molar-refractivity contribution in [2.75, 3.05) is 11.9 Å². The molecule has 0 unspecified atom stereocenters. The lowest BCUT2D eigenvalue weighted by Crippen LogP contribution is -2.26. The lowest BCUT2D eigenvalue weighted by atomic mass is 10.3. The average Bonchev–Trinajstić information content (AvgIpc) is 3.33. The maximum atomic E-state index is 12.0. The van der Waals surface area contributed by atoms with Gasteiger partial charge in [-0.2, -0.15) is 0 Å². The van der Waals surface area contributed by atoms with Gasteiger partial charge in [0.05, 0.1) is 6.26 Å². The monoisotopic (exact) mass is 413 g/mol. The van der Waals surface area contributed by atoms with Gasteiger partial charge in [-0.3, -0.25) is 9.59 Å². The van der Waals surface area contributed by atoms with Crippen molar-refractivity contribution in [1.29, 1.82) is 0 Å². The van der Waals surface area contributed by atoms with E-state index in [2.05, 4.69) is 15.6 Å². The molecule has 0 saturated carbocycles. The van der Waals surface area contributed by atoms with Crippen LogP contribution in [0.4, 0.5) is 5.69 Å². The predicted molar refractivity (Wildman–Crippen MR) is 111 cm³/mol. The van der Waals surface area contributed by atoms with Crippen LogP contribution in [0.25, 0.3) is 6.08 Å². The molecular formula is C20H19N3O3S2. The zero-order valence-corrected chi connectivity index (χ0v) is 16.8. The largest absolute Gasteiger partial charge is 0.465 e. The van der Waals surface area contributed by atoms with E-state index in [-0.39, 0.29) is 24.8 Å². The fraction of sp³-hybridized carbons (Fsp3) is 0.150. The van der Waals surface area contributed by atoms with E-state index in [9.17, 15) is 9.59 Å². The molecule has 0 spiro atoms. The number of hydrogen-bond acceptors (Lipinski definition) is 6. The summed E-state index contributed by atoms with van der Waals surface area (Å²) in [6, 6.07) is 11.1. The third-order valence-electron chi connectivity index (χ3n) is 3.53. The molecule has 8 heteroatoms. The van der Waals surface area contributed by atoms with E-state index in [4.69, 9.17) is 4.42 Å². The van der Waals surface area contributed by atoms with Gasteiger partial charge >= 0.3 is 0 Å². The molecule has 2 amide bonds. The van der Waals surface area contributed by atoms with Gasteiger partial charge in [-0.05, 0) is 49.4 Å². The maximum Gasteiger partial charge on any atom is 0.244 e. The lowest BCUT2D eigenvalue weighted by molar-refractivity contribution is -0.117. The molecule has 0 atom stereocenters. The number of thiazole rings is 1. The Morgan fingerprint density at radius 2 is 2.07 bits per heavy atom. The van der Waals surface area contributed by atoms with Gasteiger partial charge in [-0.15, -0.1) is 11.3 Å². The normalized spacial score (nSPS) is 10.9. The van der Waals surface area contributed by atoms with E-state index >= 15 is 0 Å². The Morgan fingerprint density at radius 1 is 1.25 bits per heavy atom. The van der Waals surface area contributed by atoms with E-state index in [0.717, 1.165) is 14.9 Å². The molecule has 28 heavy (non-hydrogen) atoms. The van der Waals surface area contributed by atoms with Gasteiger partial charge in [-0.25, -0.2) is 4.98 Å². The van der Waals surface area contributed by atoms with Crippen LogP contribution in [0.1, 0.15) is 17.9 Å². The van der Waals surface area contributed by atoms with Crippen LogP contribution in [0.15, 0.2) is 67.8 Å². The van der Waals surface area contributed by atoms with Crippen molar-refractivity contribution in [3.05, 3.63) is 65.6 Å². The Morgan fingerprint density at radius 3 is 2.75 bits per heavy atom. The SMILES string of the molecule is Cc1csc(Sc2ccc(NC(=O)CCNC(=O)/C=C/c3ccco3)cc2)n1. The molecule has 0 aliphatic heterocycles. The summed E-state index contributed by atoms with van der Waals surface area (Å²) in [5.74, 6) is 0.161. The van der Waals surface area contributed by atoms with Gasteiger partial charge in [0.15, 0.2) is 4.34 Å². The fourth-order valence-corrected chi connectivity index (χ4v) is 4.02. The number of carbonyl (C=O) groups excluding carboxylic acids is 2. The number of aromatic nitrogens is 1. The van der Waals surface area contributed by atoms with Crippen molar-refractivity contribution in [3.63, 3.8) is 0 Å². The standard InChI is InChI=1S/C20H19N3O3S2/c1-14-13-27-20(22-14)28-17-7-4-15(5-8-17)23-19(25)10-11-21-18(24)9-6-16-3-2-12-26-16/h2-9,12-13H,10-11H2,1H3,(H,21,24)(H,23,25)/b9-6+. The second kappa shape index (κ2) is 9.91. The Balaban J connectivity index is 1.39. The third kappa shape index (κ3) is 6.40. The van der Waals surface area contributed by atoms with Crippen LogP contribution in [-0.4, -0.2) is 23.3 Å². The van der Waals surface area contributed by atoms with Crippen molar-refractivity contribution < 1.29 is 14.0 Å². The Labute approximate surface area is 171 Å². The summed E-state index contributed by atoms with van der Waals surface area (Å²) in [7, 11) is 0. The Kier molecular flexibility index (Phi) is 7.05. The van der Waals surface area contributed by atoms with Crippen LogP contribution in [-0.2, 0) is 9.59 Å². The molecule has 0 radical (unpaired) electrons. The number of benzene rings is 1. The number of carbonyl (C=O) groups is 2. The van der Waals surface area contributed by atoms with Crippen molar-refractivity contribution in [2.24, 2.45) is 0 Å². The highest BCUT2D eigenvalue weighted by molar-refractivity contribution is 8.01. The summed E-state index contributed by atoms with van der Waals surface area (Å²) in [5.41, 5.74) is 1.73. The molecule has 0 bridgehead atoms. The second-order valence-corrected chi connectivity index (χ2v) is 8.00. The minimum absolute atomic E-state index is 0.161. The number of furan rings is 1. The first kappa shape index (κ1) is 19.9. The molecule has 2 heterocycles. The first-order valence-electron chi connectivity index (χ1n) is 8.58. The van der Waals surface area contributed by atoms with Crippen LogP contribution >= 0.6 is 23.1 Å². The molecule has 6 nitrogen and oxygen atoms in total. The summed E-state index contributed by atoms with van der Waals surface area (Å²) < 4.78 is 6.09. The number of nitrogens with zero attached hydrogens (tertiary/aromatic N) is 1. The Hall–Kier alpha value is -2.84. The molecule has 0 saturated heterocycles. The summed E-state index contributed by atoms with van der Waals surface area (Å²) in [6.07, 6.45) is 4.67. The first-order chi connectivity index (χ1) is 13.6. The van der Waals surface area contributed by atoms with E-state index < -0.39 is 0 Å². The smallest absolute Gasteiger partial charge is 0.244 e. The minimum atomic E-state index is -0.275. The lowest BCUT2D eigenvalue weighted by Gasteiger charge is -2.06. The average molecular weight is 414 g/mol. The molecule has 0 aliphatic carbocycles. The van der Waals surface area contributed by atoms with Crippen LogP contribution in [0, 0.1) is 6.92 Å². The summed E-state index contributed by atoms with van der Waals surface area (Å²) in [5, 5.41) is 7.50. The fourth-order valence-electron chi connectivity index (χ4n) is 2.21. The van der Waals surface area contributed by atoms with Crippen molar-refractivity contribution in [3.8, 4) is 0 Å². The first-order valence-corrected chi connectivity index (χ1v) is 10.3. The van der Waals surface area contributed by atoms with Gasteiger partial charge in [0.2, 0.25) is 11.8 Å². The minimum Gasteiger partial charge on any atom is -0.465 e. The van der Waals surface area contributed by atoms with Crippen LogP contribution in [0.5, 0.6) is 0 Å². The molecule has 0 aliphatic rings. The van der Waals surface area contributed by atoms with E-state index in [1.807, 2.05) is 36.6 Å². The highest BCUT2D eigenvalue weighted by Gasteiger charge is 2.05.